The van der Waals surface area contributed by atoms with Crippen molar-refractivity contribution in [3.8, 4) is 11.1 Å². The first kappa shape index (κ1) is 28.1. The summed E-state index contributed by atoms with van der Waals surface area (Å²) in [6, 6.07) is 27.7. The molecule has 1 fully saturated rings. The smallest absolute Gasteiger partial charge is 0.328 e. The van der Waals surface area contributed by atoms with Gasteiger partial charge in [-0.05, 0) is 72.8 Å². The molecule has 0 bridgehead atoms. The Bertz CT molecular complexity index is 1160. The van der Waals surface area contributed by atoms with Crippen LogP contribution in [0.3, 0.4) is 0 Å². The van der Waals surface area contributed by atoms with Crippen LogP contribution in [0.15, 0.2) is 91.0 Å². The molecule has 0 aliphatic carbocycles. The van der Waals surface area contributed by atoms with Gasteiger partial charge < -0.3 is 15.5 Å². The van der Waals surface area contributed by atoms with Gasteiger partial charge in [0.2, 0.25) is 0 Å². The van der Waals surface area contributed by atoms with Crippen molar-refractivity contribution >= 4 is 23.5 Å². The highest BCUT2D eigenvalue weighted by Gasteiger charge is 2.19. The second-order valence-electron chi connectivity index (χ2n) is 9.02. The van der Waals surface area contributed by atoms with Crippen LogP contribution in [0, 0.1) is 5.92 Å². The molecule has 6 nitrogen and oxygen atoms in total. The van der Waals surface area contributed by atoms with E-state index in [1.165, 1.54) is 35.1 Å². The summed E-state index contributed by atoms with van der Waals surface area (Å²) in [5.41, 5.74) is 5.16. The van der Waals surface area contributed by atoms with Crippen molar-refractivity contribution < 1.29 is 19.8 Å². The molecule has 0 amide bonds. The molecule has 0 atom stereocenters. The fraction of sp³-hybridized carbons (Fsp3) is 0.267. The Hall–Kier alpha value is -3.45. The number of aliphatic carboxylic acids is 2. The largest absolute Gasteiger partial charge is 0.478 e. The van der Waals surface area contributed by atoms with Crippen molar-refractivity contribution in [3.63, 3.8) is 0 Å². The first-order valence-electron chi connectivity index (χ1n) is 12.4. The maximum absolute atomic E-state index is 9.55. The van der Waals surface area contributed by atoms with E-state index in [0.717, 1.165) is 43.7 Å². The molecule has 1 heterocycles. The predicted octanol–water partition coefficient (Wildman–Crippen LogP) is 5.72. The van der Waals surface area contributed by atoms with Crippen LogP contribution in [0.2, 0.25) is 5.02 Å². The van der Waals surface area contributed by atoms with Gasteiger partial charge in [-0.3, -0.25) is 4.90 Å². The van der Waals surface area contributed by atoms with Gasteiger partial charge in [0, 0.05) is 30.3 Å². The lowest BCUT2D eigenvalue weighted by Crippen LogP contribution is -2.36. The summed E-state index contributed by atoms with van der Waals surface area (Å²) in [5, 5.41) is 20.2. The van der Waals surface area contributed by atoms with E-state index in [2.05, 4.69) is 76.9 Å². The zero-order valence-corrected chi connectivity index (χ0v) is 21.5. The average Bonchev–Trinajstić information content (AvgIpc) is 2.91. The van der Waals surface area contributed by atoms with Gasteiger partial charge in [0.1, 0.15) is 0 Å². The van der Waals surface area contributed by atoms with Gasteiger partial charge in [-0.2, -0.15) is 0 Å². The molecule has 4 rings (SSSR count). The number of carbonyl (C=O) groups is 2. The highest BCUT2D eigenvalue weighted by atomic mass is 35.5. The molecule has 0 spiro atoms. The molecule has 37 heavy (non-hydrogen) atoms. The lowest BCUT2D eigenvalue weighted by atomic mass is 9.96. The summed E-state index contributed by atoms with van der Waals surface area (Å²) < 4.78 is 0. The number of nitrogens with zero attached hydrogens (tertiary/aromatic N) is 1. The van der Waals surface area contributed by atoms with E-state index in [0.29, 0.717) is 12.2 Å². The Morgan fingerprint density at radius 1 is 0.865 bits per heavy atom. The minimum absolute atomic E-state index is 0.558. The van der Waals surface area contributed by atoms with E-state index >= 15 is 0 Å². The number of benzene rings is 3. The Morgan fingerprint density at radius 2 is 1.49 bits per heavy atom. The second-order valence-corrected chi connectivity index (χ2v) is 9.43. The molecule has 1 saturated heterocycles. The minimum Gasteiger partial charge on any atom is -0.478 e. The Morgan fingerprint density at radius 3 is 2.14 bits per heavy atom. The number of hydrogen-bond donors (Lipinski definition) is 3. The molecule has 7 heteroatoms. The van der Waals surface area contributed by atoms with E-state index < -0.39 is 11.9 Å². The molecular weight excluding hydrogens is 488 g/mol. The van der Waals surface area contributed by atoms with Gasteiger partial charge in [0.05, 0.1) is 0 Å². The molecular formula is C30H33ClN2O4. The fourth-order valence-electron chi connectivity index (χ4n) is 4.27. The standard InChI is InChI=1S/C26H29ClN2.C4H4O4/c27-26-12-5-4-10-25(26)20-29-15-13-21(14-16-29)18-28-19-22-7-6-11-24(17-22)23-8-2-1-3-9-23;5-3(6)1-2-4(7)8/h1-12,17,21,28H,13-16,18-20H2;1-2H,(H,5,6)(H,7,8)/b;2-1+. The lowest BCUT2D eigenvalue weighted by molar-refractivity contribution is -0.134. The van der Waals surface area contributed by atoms with E-state index in [1.807, 2.05) is 12.1 Å². The number of nitrogens with one attached hydrogen (secondary N) is 1. The topological polar surface area (TPSA) is 89.9 Å². The van der Waals surface area contributed by atoms with Crippen LogP contribution in [0.4, 0.5) is 0 Å². The molecule has 1 aliphatic heterocycles. The van der Waals surface area contributed by atoms with Gasteiger partial charge in [-0.1, -0.05) is 78.3 Å². The molecule has 3 N–H and O–H groups in total. The highest BCUT2D eigenvalue weighted by Crippen LogP contribution is 2.23. The third-order valence-electron chi connectivity index (χ3n) is 6.22. The summed E-state index contributed by atoms with van der Waals surface area (Å²) in [7, 11) is 0. The number of carboxylic acid groups (broad SMARTS) is 2. The van der Waals surface area contributed by atoms with Crippen molar-refractivity contribution in [2.24, 2.45) is 5.92 Å². The summed E-state index contributed by atoms with van der Waals surface area (Å²) in [6.07, 6.45) is 3.62. The number of hydrogen-bond acceptors (Lipinski definition) is 4. The Kier molecular flexibility index (Phi) is 11.4. The minimum atomic E-state index is -1.26. The van der Waals surface area contributed by atoms with Crippen molar-refractivity contribution in [1.82, 2.24) is 10.2 Å². The van der Waals surface area contributed by atoms with Gasteiger partial charge in [-0.25, -0.2) is 9.59 Å². The van der Waals surface area contributed by atoms with Crippen LogP contribution in [0.5, 0.6) is 0 Å². The van der Waals surface area contributed by atoms with Crippen molar-refractivity contribution in [2.45, 2.75) is 25.9 Å². The third-order valence-corrected chi connectivity index (χ3v) is 6.59. The van der Waals surface area contributed by atoms with Gasteiger partial charge in [-0.15, -0.1) is 0 Å². The summed E-state index contributed by atoms with van der Waals surface area (Å²) in [5.74, 6) is -1.75. The molecule has 194 valence electrons. The zero-order valence-electron chi connectivity index (χ0n) is 20.7. The maximum atomic E-state index is 9.55. The quantitative estimate of drug-likeness (QED) is 0.313. The van der Waals surface area contributed by atoms with E-state index in [1.54, 1.807) is 0 Å². The SMILES string of the molecule is Clc1ccccc1CN1CCC(CNCc2cccc(-c3ccccc3)c2)CC1.O=C(O)/C=C/C(=O)O. The second kappa shape index (κ2) is 15.0. The highest BCUT2D eigenvalue weighted by molar-refractivity contribution is 6.31. The molecule has 3 aromatic rings. The van der Waals surface area contributed by atoms with E-state index in [-0.39, 0.29) is 0 Å². The lowest BCUT2D eigenvalue weighted by Gasteiger charge is -2.32. The number of rotatable bonds is 9. The average molecular weight is 521 g/mol. The van der Waals surface area contributed by atoms with E-state index in [4.69, 9.17) is 21.8 Å². The van der Waals surface area contributed by atoms with E-state index in [9.17, 15) is 9.59 Å². The molecule has 0 unspecified atom stereocenters. The molecule has 0 radical (unpaired) electrons. The number of piperidine rings is 1. The summed E-state index contributed by atoms with van der Waals surface area (Å²) in [4.78, 5) is 21.6. The van der Waals surface area contributed by atoms with Crippen molar-refractivity contribution in [3.05, 3.63) is 107 Å². The molecule has 0 saturated carbocycles. The van der Waals surface area contributed by atoms with Crippen LogP contribution >= 0.6 is 11.6 Å². The van der Waals surface area contributed by atoms with Gasteiger partial charge in [0.15, 0.2) is 0 Å². The number of halogens is 1. The molecule has 1 aliphatic rings. The third kappa shape index (κ3) is 10.2. The zero-order chi connectivity index (χ0) is 26.5. The normalized spacial score (nSPS) is 14.2. The van der Waals surface area contributed by atoms with Gasteiger partial charge >= 0.3 is 11.9 Å². The van der Waals surface area contributed by atoms with Crippen molar-refractivity contribution in [2.75, 3.05) is 19.6 Å². The van der Waals surface area contributed by atoms with Crippen LogP contribution in [0.1, 0.15) is 24.0 Å². The first-order chi connectivity index (χ1) is 17.9. The Labute approximate surface area is 223 Å². The number of carboxylic acids is 2. The molecule has 0 aromatic heterocycles. The summed E-state index contributed by atoms with van der Waals surface area (Å²) >= 11 is 6.31. The van der Waals surface area contributed by atoms with Crippen LogP contribution in [-0.2, 0) is 22.7 Å². The summed E-state index contributed by atoms with van der Waals surface area (Å²) in [6.45, 7) is 5.30. The Balaban J connectivity index is 0.000000414. The first-order valence-corrected chi connectivity index (χ1v) is 12.7. The fourth-order valence-corrected chi connectivity index (χ4v) is 4.47. The predicted molar refractivity (Wildman–Crippen MR) is 147 cm³/mol. The van der Waals surface area contributed by atoms with Crippen LogP contribution < -0.4 is 5.32 Å². The van der Waals surface area contributed by atoms with Gasteiger partial charge in [0.25, 0.3) is 0 Å². The molecule has 3 aromatic carbocycles. The number of likely N-dealkylation sites (tertiary alicyclic amines) is 1. The maximum Gasteiger partial charge on any atom is 0.328 e. The van der Waals surface area contributed by atoms with Crippen LogP contribution in [0.25, 0.3) is 11.1 Å². The van der Waals surface area contributed by atoms with Crippen molar-refractivity contribution in [1.29, 1.82) is 0 Å². The van der Waals surface area contributed by atoms with Crippen LogP contribution in [-0.4, -0.2) is 46.7 Å². The monoisotopic (exact) mass is 520 g/mol.